The lowest BCUT2D eigenvalue weighted by Crippen LogP contribution is -2.46. The molecule has 0 bridgehead atoms. The molecule has 1 aromatic carbocycles. The molecule has 0 atom stereocenters. The zero-order chi connectivity index (χ0) is 17.1. The van der Waals surface area contributed by atoms with Gasteiger partial charge in [0.05, 0.1) is 0 Å². The Kier molecular flexibility index (Phi) is 5.03. The summed E-state index contributed by atoms with van der Waals surface area (Å²) in [5.74, 6) is 0.733. The van der Waals surface area contributed by atoms with Gasteiger partial charge in [0.2, 0.25) is 5.91 Å². The Morgan fingerprint density at radius 3 is 2.29 bits per heavy atom. The van der Waals surface area contributed by atoms with E-state index in [-0.39, 0.29) is 17.9 Å². The Balaban J connectivity index is 1.48. The number of rotatable bonds is 4. The number of piperidine rings is 1. The SMILES string of the molecule is C/C(=C/C(=O)NC1CCN(C(=O)c2ccc(C)cc2)CC1)C1CC1. The molecule has 1 saturated heterocycles. The van der Waals surface area contributed by atoms with Gasteiger partial charge in [-0.2, -0.15) is 0 Å². The number of benzene rings is 1. The monoisotopic (exact) mass is 326 g/mol. The first-order valence-corrected chi connectivity index (χ1v) is 8.87. The summed E-state index contributed by atoms with van der Waals surface area (Å²) in [6.07, 6.45) is 5.82. The molecule has 2 fully saturated rings. The molecular weight excluding hydrogens is 300 g/mol. The first kappa shape index (κ1) is 16.7. The topological polar surface area (TPSA) is 49.4 Å². The van der Waals surface area contributed by atoms with Crippen molar-refractivity contribution in [3.63, 3.8) is 0 Å². The van der Waals surface area contributed by atoms with Crippen LogP contribution in [-0.4, -0.2) is 35.8 Å². The van der Waals surface area contributed by atoms with E-state index in [1.807, 2.05) is 43.0 Å². The molecule has 1 N–H and O–H groups in total. The van der Waals surface area contributed by atoms with Crippen molar-refractivity contribution in [2.24, 2.45) is 5.92 Å². The third kappa shape index (κ3) is 4.25. The third-order valence-electron chi connectivity index (χ3n) is 5.01. The first-order valence-electron chi connectivity index (χ1n) is 8.87. The predicted molar refractivity (Wildman–Crippen MR) is 94.7 cm³/mol. The second kappa shape index (κ2) is 7.20. The van der Waals surface area contributed by atoms with Crippen molar-refractivity contribution in [1.29, 1.82) is 0 Å². The summed E-state index contributed by atoms with van der Waals surface area (Å²) >= 11 is 0. The predicted octanol–water partition coefficient (Wildman–Crippen LogP) is 3.07. The molecule has 4 heteroatoms. The molecular formula is C20H26N2O2. The number of carbonyl (C=O) groups is 2. The molecule has 2 aliphatic rings. The zero-order valence-electron chi connectivity index (χ0n) is 14.5. The fraction of sp³-hybridized carbons (Fsp3) is 0.500. The number of nitrogens with zero attached hydrogens (tertiary/aromatic N) is 1. The molecule has 24 heavy (non-hydrogen) atoms. The molecule has 1 heterocycles. The van der Waals surface area contributed by atoms with Crippen molar-refractivity contribution in [2.45, 2.75) is 45.6 Å². The molecule has 1 saturated carbocycles. The Morgan fingerprint density at radius 2 is 1.71 bits per heavy atom. The van der Waals surface area contributed by atoms with E-state index in [4.69, 9.17) is 0 Å². The van der Waals surface area contributed by atoms with Gasteiger partial charge < -0.3 is 10.2 Å². The van der Waals surface area contributed by atoms with E-state index < -0.39 is 0 Å². The number of hydrogen-bond acceptors (Lipinski definition) is 2. The standard InChI is InChI=1S/C20H26N2O2/c1-14-3-5-17(6-4-14)20(24)22-11-9-18(10-12-22)21-19(23)13-15(2)16-7-8-16/h3-6,13,16,18H,7-12H2,1-2H3,(H,21,23)/b15-13-. The van der Waals surface area contributed by atoms with E-state index in [0.29, 0.717) is 19.0 Å². The van der Waals surface area contributed by atoms with Gasteiger partial charge in [0.15, 0.2) is 0 Å². The van der Waals surface area contributed by atoms with Crippen LogP contribution < -0.4 is 5.32 Å². The van der Waals surface area contributed by atoms with Gasteiger partial charge in [0.1, 0.15) is 0 Å². The molecule has 0 spiro atoms. The average Bonchev–Trinajstić information content (AvgIpc) is 3.40. The zero-order valence-corrected chi connectivity index (χ0v) is 14.5. The van der Waals surface area contributed by atoms with Crippen LogP contribution in [0.15, 0.2) is 35.9 Å². The highest BCUT2D eigenvalue weighted by atomic mass is 16.2. The lowest BCUT2D eigenvalue weighted by atomic mass is 10.0. The van der Waals surface area contributed by atoms with Gasteiger partial charge in [0.25, 0.3) is 5.91 Å². The Labute approximate surface area is 143 Å². The summed E-state index contributed by atoms with van der Waals surface area (Å²) in [5, 5.41) is 3.09. The summed E-state index contributed by atoms with van der Waals surface area (Å²) in [6, 6.07) is 7.88. The summed E-state index contributed by atoms with van der Waals surface area (Å²) in [6.45, 7) is 5.45. The summed E-state index contributed by atoms with van der Waals surface area (Å²) < 4.78 is 0. The summed E-state index contributed by atoms with van der Waals surface area (Å²) in [4.78, 5) is 26.4. The van der Waals surface area contributed by atoms with Gasteiger partial charge in [-0.05, 0) is 57.6 Å². The smallest absolute Gasteiger partial charge is 0.253 e. The number of hydrogen-bond donors (Lipinski definition) is 1. The van der Waals surface area contributed by atoms with Gasteiger partial charge in [-0.25, -0.2) is 0 Å². The summed E-state index contributed by atoms with van der Waals surface area (Å²) in [5.41, 5.74) is 3.09. The number of carbonyl (C=O) groups excluding carboxylic acids is 2. The van der Waals surface area contributed by atoms with E-state index in [1.54, 1.807) is 6.08 Å². The van der Waals surface area contributed by atoms with Gasteiger partial charge in [0, 0.05) is 30.8 Å². The van der Waals surface area contributed by atoms with E-state index in [2.05, 4.69) is 5.32 Å². The van der Waals surface area contributed by atoms with E-state index in [9.17, 15) is 9.59 Å². The minimum atomic E-state index is 0.0164. The van der Waals surface area contributed by atoms with Gasteiger partial charge >= 0.3 is 0 Å². The van der Waals surface area contributed by atoms with Crippen LogP contribution in [0.5, 0.6) is 0 Å². The van der Waals surface area contributed by atoms with Crippen LogP contribution >= 0.6 is 0 Å². The largest absolute Gasteiger partial charge is 0.350 e. The van der Waals surface area contributed by atoms with Gasteiger partial charge in [-0.3, -0.25) is 9.59 Å². The number of likely N-dealkylation sites (tertiary alicyclic amines) is 1. The number of amides is 2. The maximum atomic E-state index is 12.5. The Bertz CT molecular complexity index is 636. The highest BCUT2D eigenvalue weighted by Crippen LogP contribution is 2.35. The molecule has 3 rings (SSSR count). The molecule has 0 unspecified atom stereocenters. The lowest BCUT2D eigenvalue weighted by molar-refractivity contribution is -0.117. The normalized spacial score (nSPS) is 19.2. The molecule has 1 aromatic rings. The third-order valence-corrected chi connectivity index (χ3v) is 5.01. The van der Waals surface area contributed by atoms with E-state index in [1.165, 1.54) is 18.4 Å². The summed E-state index contributed by atoms with van der Waals surface area (Å²) in [7, 11) is 0. The van der Waals surface area contributed by atoms with Crippen molar-refractivity contribution in [2.75, 3.05) is 13.1 Å². The highest BCUT2D eigenvalue weighted by Gasteiger charge is 2.26. The van der Waals surface area contributed by atoms with E-state index in [0.717, 1.165) is 24.0 Å². The molecule has 1 aliphatic heterocycles. The van der Waals surface area contributed by atoms with Crippen molar-refractivity contribution >= 4 is 11.8 Å². The van der Waals surface area contributed by atoms with Crippen LogP contribution in [0.1, 0.15) is 48.5 Å². The first-order chi connectivity index (χ1) is 11.5. The Hall–Kier alpha value is -2.10. The van der Waals surface area contributed by atoms with Crippen LogP contribution in [0.4, 0.5) is 0 Å². The molecule has 4 nitrogen and oxygen atoms in total. The van der Waals surface area contributed by atoms with E-state index >= 15 is 0 Å². The maximum Gasteiger partial charge on any atom is 0.253 e. The molecule has 0 radical (unpaired) electrons. The maximum absolute atomic E-state index is 12.5. The van der Waals surface area contributed by atoms with Crippen LogP contribution in [0, 0.1) is 12.8 Å². The fourth-order valence-electron chi connectivity index (χ4n) is 3.21. The van der Waals surface area contributed by atoms with Gasteiger partial charge in [-0.1, -0.05) is 23.3 Å². The van der Waals surface area contributed by atoms with Gasteiger partial charge in [-0.15, -0.1) is 0 Å². The minimum absolute atomic E-state index is 0.0164. The minimum Gasteiger partial charge on any atom is -0.350 e. The van der Waals surface area contributed by atoms with Crippen LogP contribution in [0.25, 0.3) is 0 Å². The van der Waals surface area contributed by atoms with Crippen molar-refractivity contribution < 1.29 is 9.59 Å². The molecule has 1 aliphatic carbocycles. The number of aryl methyl sites for hydroxylation is 1. The average molecular weight is 326 g/mol. The molecule has 2 amide bonds. The van der Waals surface area contributed by atoms with Crippen LogP contribution in [-0.2, 0) is 4.79 Å². The van der Waals surface area contributed by atoms with Crippen molar-refractivity contribution in [3.05, 3.63) is 47.0 Å². The van der Waals surface area contributed by atoms with Crippen molar-refractivity contribution in [3.8, 4) is 0 Å². The van der Waals surface area contributed by atoms with Crippen LogP contribution in [0.3, 0.4) is 0 Å². The van der Waals surface area contributed by atoms with Crippen molar-refractivity contribution in [1.82, 2.24) is 10.2 Å². The Morgan fingerprint density at radius 1 is 1.08 bits per heavy atom. The molecule has 128 valence electrons. The van der Waals surface area contributed by atoms with Crippen LogP contribution in [0.2, 0.25) is 0 Å². The molecule has 0 aromatic heterocycles. The lowest BCUT2D eigenvalue weighted by Gasteiger charge is -2.32. The number of nitrogens with one attached hydrogen (secondary N) is 1. The second-order valence-electron chi connectivity index (χ2n) is 7.10. The fourth-order valence-corrected chi connectivity index (χ4v) is 3.21. The number of allylic oxidation sites excluding steroid dienone is 1. The quantitative estimate of drug-likeness (QED) is 0.865. The highest BCUT2D eigenvalue weighted by molar-refractivity contribution is 5.94. The second-order valence-corrected chi connectivity index (χ2v) is 7.10.